The summed E-state index contributed by atoms with van der Waals surface area (Å²) in [4.78, 5) is 18.1. The van der Waals surface area contributed by atoms with E-state index in [9.17, 15) is 17.6 Å². The molecule has 0 unspecified atom stereocenters. The summed E-state index contributed by atoms with van der Waals surface area (Å²) in [6.07, 6.45) is 5.40. The summed E-state index contributed by atoms with van der Waals surface area (Å²) >= 11 is 0. The smallest absolute Gasteiger partial charge is 0.244 e. The van der Waals surface area contributed by atoms with Gasteiger partial charge in [-0.05, 0) is 25.8 Å². The van der Waals surface area contributed by atoms with Gasteiger partial charge >= 0.3 is 0 Å². The van der Waals surface area contributed by atoms with Gasteiger partial charge < -0.3 is 10.6 Å². The number of carbonyl (C=O) groups excluding carboxylic acids is 1. The third kappa shape index (κ3) is 4.48. The van der Waals surface area contributed by atoms with Crippen LogP contribution in [0, 0.1) is 5.82 Å². The fourth-order valence-electron chi connectivity index (χ4n) is 3.98. The van der Waals surface area contributed by atoms with Gasteiger partial charge in [0.1, 0.15) is 0 Å². The zero-order chi connectivity index (χ0) is 21.9. The molecular formula is C21H29FN4O3S. The zero-order valence-corrected chi connectivity index (χ0v) is 18.2. The van der Waals surface area contributed by atoms with Crippen molar-refractivity contribution in [1.29, 1.82) is 0 Å². The van der Waals surface area contributed by atoms with Crippen LogP contribution >= 0.6 is 0 Å². The molecule has 1 aliphatic heterocycles. The molecule has 0 bridgehead atoms. The van der Waals surface area contributed by atoms with Crippen LogP contribution in [0.1, 0.15) is 39.5 Å². The Kier molecular flexibility index (Phi) is 7.05. The first-order chi connectivity index (χ1) is 14.3. The number of benzene rings is 1. The lowest BCUT2D eigenvalue weighted by molar-refractivity contribution is -0.133. The van der Waals surface area contributed by atoms with Gasteiger partial charge in [-0.1, -0.05) is 31.9 Å². The quantitative estimate of drug-likeness (QED) is 0.751. The number of aromatic nitrogens is 1. The highest BCUT2D eigenvalue weighted by atomic mass is 32.2. The van der Waals surface area contributed by atoms with Crippen molar-refractivity contribution in [2.75, 3.05) is 19.6 Å². The number of sulfonamides is 1. The van der Waals surface area contributed by atoms with Crippen molar-refractivity contribution < 1.29 is 17.6 Å². The number of rotatable bonds is 6. The first kappa shape index (κ1) is 22.6. The summed E-state index contributed by atoms with van der Waals surface area (Å²) < 4.78 is 42.8. The molecule has 9 heteroatoms. The van der Waals surface area contributed by atoms with Crippen LogP contribution in [0.3, 0.4) is 0 Å². The lowest BCUT2D eigenvalue weighted by atomic mass is 10.1. The van der Waals surface area contributed by atoms with Crippen molar-refractivity contribution >= 4 is 26.7 Å². The first-order valence-electron chi connectivity index (χ1n) is 10.4. The van der Waals surface area contributed by atoms with E-state index in [2.05, 4.69) is 4.98 Å². The number of unbranched alkanes of at least 4 members (excludes halogenated alkanes) is 1. The van der Waals surface area contributed by atoms with Gasteiger partial charge in [0.15, 0.2) is 5.82 Å². The first-order valence-corrected chi connectivity index (χ1v) is 11.8. The molecule has 164 valence electrons. The number of amides is 1. The van der Waals surface area contributed by atoms with Gasteiger partial charge in [-0.3, -0.25) is 9.78 Å². The number of nitrogens with zero attached hydrogens (tertiary/aromatic N) is 3. The monoisotopic (exact) mass is 436 g/mol. The molecule has 7 nitrogen and oxygen atoms in total. The summed E-state index contributed by atoms with van der Waals surface area (Å²) in [7, 11) is -3.97. The Labute approximate surface area is 177 Å². The third-order valence-electron chi connectivity index (χ3n) is 5.57. The lowest BCUT2D eigenvalue weighted by Gasteiger charge is -2.29. The molecule has 1 amide bonds. The van der Waals surface area contributed by atoms with Gasteiger partial charge in [-0.2, -0.15) is 4.31 Å². The molecule has 1 aliphatic rings. The molecule has 2 N–H and O–H groups in total. The second kappa shape index (κ2) is 9.36. The number of nitrogens with two attached hydrogens (primary N) is 1. The molecule has 1 aromatic carbocycles. The maximum absolute atomic E-state index is 14.5. The van der Waals surface area contributed by atoms with Gasteiger partial charge in [0, 0.05) is 42.6 Å². The Morgan fingerprint density at radius 2 is 2.10 bits per heavy atom. The highest BCUT2D eigenvalue weighted by Gasteiger charge is 2.35. The van der Waals surface area contributed by atoms with Crippen LogP contribution in [0.5, 0.6) is 0 Å². The summed E-state index contributed by atoms with van der Waals surface area (Å²) in [5.74, 6) is -0.815. The molecule has 2 atom stereocenters. The van der Waals surface area contributed by atoms with E-state index < -0.39 is 27.9 Å². The van der Waals surface area contributed by atoms with Crippen LogP contribution < -0.4 is 5.73 Å². The van der Waals surface area contributed by atoms with Crippen LogP contribution in [0.4, 0.5) is 4.39 Å². The van der Waals surface area contributed by atoms with Gasteiger partial charge in [0.05, 0.1) is 17.1 Å². The minimum atomic E-state index is -3.97. The molecule has 0 aliphatic carbocycles. The molecule has 1 saturated heterocycles. The van der Waals surface area contributed by atoms with Crippen molar-refractivity contribution in [1.82, 2.24) is 14.2 Å². The van der Waals surface area contributed by atoms with E-state index >= 15 is 0 Å². The zero-order valence-electron chi connectivity index (χ0n) is 17.4. The number of fused-ring (bicyclic) bond motifs is 1. The van der Waals surface area contributed by atoms with Gasteiger partial charge in [-0.25, -0.2) is 12.8 Å². The SMILES string of the molecule is CCCC[C@H](N)C(=O)N1CCCN(S(=O)(=O)c2cccc3cncc(F)c23)[C@@H](C)C1. The van der Waals surface area contributed by atoms with Crippen molar-refractivity contribution in [3.05, 3.63) is 36.4 Å². The number of carbonyl (C=O) groups is 1. The molecule has 0 radical (unpaired) electrons. The standard InChI is InChI=1S/C21H29FN4O3S/c1-3-4-8-18(23)21(27)25-10-6-11-26(15(2)14-25)30(28,29)19-9-5-7-16-12-24-13-17(22)20(16)19/h5,7,9,12-13,15,18H,3-4,6,8,10-11,14,23H2,1-2H3/t15-,18-/m0/s1. The minimum absolute atomic E-state index is 0.0402. The Morgan fingerprint density at radius 3 is 2.83 bits per heavy atom. The maximum Gasteiger partial charge on any atom is 0.244 e. The predicted molar refractivity (Wildman–Crippen MR) is 114 cm³/mol. The van der Waals surface area contributed by atoms with E-state index in [1.54, 1.807) is 24.0 Å². The van der Waals surface area contributed by atoms with Crippen molar-refractivity contribution in [3.63, 3.8) is 0 Å². The molecule has 0 spiro atoms. The van der Waals surface area contributed by atoms with Gasteiger partial charge in [-0.15, -0.1) is 0 Å². The third-order valence-corrected chi connectivity index (χ3v) is 7.62. The Hall–Kier alpha value is -2.10. The molecule has 30 heavy (non-hydrogen) atoms. The number of pyridine rings is 1. The molecular weight excluding hydrogens is 407 g/mol. The topological polar surface area (TPSA) is 96.6 Å². The summed E-state index contributed by atoms with van der Waals surface area (Å²) in [6.45, 7) is 4.76. The molecule has 2 heterocycles. The number of halogens is 1. The molecule has 3 rings (SSSR count). The second-order valence-electron chi connectivity index (χ2n) is 7.83. The maximum atomic E-state index is 14.5. The van der Waals surface area contributed by atoms with Crippen molar-refractivity contribution in [3.8, 4) is 0 Å². The second-order valence-corrected chi connectivity index (χ2v) is 9.69. The minimum Gasteiger partial charge on any atom is -0.340 e. The normalized spacial score (nSPS) is 19.6. The highest BCUT2D eigenvalue weighted by Crippen LogP contribution is 2.29. The summed E-state index contributed by atoms with van der Waals surface area (Å²) in [6, 6.07) is 3.61. The molecule has 2 aromatic rings. The lowest BCUT2D eigenvalue weighted by Crippen LogP contribution is -2.48. The highest BCUT2D eigenvalue weighted by molar-refractivity contribution is 7.89. The van der Waals surface area contributed by atoms with E-state index in [4.69, 9.17) is 5.73 Å². The Bertz CT molecular complexity index is 1010. The number of hydrogen-bond acceptors (Lipinski definition) is 5. The molecule has 1 aromatic heterocycles. The van der Waals surface area contributed by atoms with E-state index in [0.29, 0.717) is 24.8 Å². The average Bonchev–Trinajstić information content (AvgIpc) is 2.93. The van der Waals surface area contributed by atoms with Crippen molar-refractivity contribution in [2.24, 2.45) is 5.73 Å². The Morgan fingerprint density at radius 1 is 1.33 bits per heavy atom. The van der Waals surface area contributed by atoms with Gasteiger partial charge in [0.25, 0.3) is 0 Å². The van der Waals surface area contributed by atoms with Crippen molar-refractivity contribution in [2.45, 2.75) is 56.5 Å². The van der Waals surface area contributed by atoms with Crippen LogP contribution in [-0.2, 0) is 14.8 Å². The predicted octanol–water partition coefficient (Wildman–Crippen LogP) is 2.50. The van der Waals surface area contributed by atoms with Crippen LogP contribution in [-0.4, -0.2) is 60.2 Å². The fraction of sp³-hybridized carbons (Fsp3) is 0.524. The summed E-state index contributed by atoms with van der Waals surface area (Å²) in [5.41, 5.74) is 6.05. The number of hydrogen-bond donors (Lipinski definition) is 1. The van der Waals surface area contributed by atoms with Crippen LogP contribution in [0.25, 0.3) is 10.8 Å². The molecule has 1 fully saturated rings. The average molecular weight is 437 g/mol. The Balaban J connectivity index is 1.87. The fourth-order valence-corrected chi connectivity index (χ4v) is 5.86. The largest absolute Gasteiger partial charge is 0.340 e. The molecule has 0 saturated carbocycles. The van der Waals surface area contributed by atoms with Crippen LogP contribution in [0.2, 0.25) is 0 Å². The van der Waals surface area contributed by atoms with Crippen LogP contribution in [0.15, 0.2) is 35.5 Å². The van der Waals surface area contributed by atoms with E-state index in [-0.39, 0.29) is 29.3 Å². The van der Waals surface area contributed by atoms with E-state index in [1.807, 2.05) is 6.92 Å². The van der Waals surface area contributed by atoms with E-state index in [0.717, 1.165) is 19.0 Å². The van der Waals surface area contributed by atoms with Gasteiger partial charge in [0.2, 0.25) is 15.9 Å². The van der Waals surface area contributed by atoms with E-state index in [1.165, 1.54) is 16.6 Å². The summed E-state index contributed by atoms with van der Waals surface area (Å²) in [5, 5.41) is 0.468.